The number of anilines is 1. The number of carbonyl (C=O) groups excluding carboxylic acids is 1. The minimum atomic E-state index is -0.429. The molecule has 0 bridgehead atoms. The third-order valence-electron chi connectivity index (χ3n) is 3.23. The molecule has 3 N–H and O–H groups in total. The highest BCUT2D eigenvalue weighted by molar-refractivity contribution is 5.95. The molecule has 1 amide bonds. The zero-order valence-corrected chi connectivity index (χ0v) is 13.2. The van der Waals surface area contributed by atoms with Gasteiger partial charge in [-0.1, -0.05) is 12.1 Å². The highest BCUT2D eigenvalue weighted by Crippen LogP contribution is 2.13. The Kier molecular flexibility index (Phi) is 7.11. The lowest BCUT2D eigenvalue weighted by atomic mass is 10.1. The fraction of sp³-hybridized carbons (Fsp3) is 0.533. The Morgan fingerprint density at radius 2 is 2.10 bits per heavy atom. The fourth-order valence-corrected chi connectivity index (χ4v) is 2.09. The van der Waals surface area contributed by atoms with Crippen LogP contribution in [0.25, 0.3) is 0 Å². The maximum absolute atomic E-state index is 12.0. The van der Waals surface area contributed by atoms with Gasteiger partial charge < -0.3 is 20.5 Å². The molecule has 0 aromatic heterocycles. The van der Waals surface area contributed by atoms with Crippen molar-refractivity contribution in [1.82, 2.24) is 5.32 Å². The molecule has 2 rings (SSSR count). The van der Waals surface area contributed by atoms with Gasteiger partial charge in [0.2, 0.25) is 5.91 Å². The average molecular weight is 315 g/mol. The van der Waals surface area contributed by atoms with E-state index in [-0.39, 0.29) is 30.5 Å². The number of β-amino-alcohol motifs (C(OH)–C–C–N with tert-alkyl or cyclic N) is 1. The van der Waals surface area contributed by atoms with E-state index >= 15 is 0 Å². The van der Waals surface area contributed by atoms with Gasteiger partial charge in [-0.25, -0.2) is 0 Å². The van der Waals surface area contributed by atoms with Crippen molar-refractivity contribution in [2.75, 3.05) is 11.9 Å². The van der Waals surface area contributed by atoms with E-state index in [4.69, 9.17) is 4.74 Å². The Balaban J connectivity index is 0.00000220. The molecule has 1 aromatic carbocycles. The molecule has 5 nitrogen and oxygen atoms in total. The molecule has 0 radical (unpaired) electrons. The largest absolute Gasteiger partial charge is 0.392 e. The van der Waals surface area contributed by atoms with Gasteiger partial charge in [-0.2, -0.15) is 0 Å². The molecule has 118 valence electrons. The standard InChI is InChI=1S/C15H22N2O3.ClH/c1-10(2)20-9-11-3-5-12(6-4-11)17-15(19)14-7-13(18)8-16-14;/h3-6,10,13-14,16,18H,7-9H2,1-2H3,(H,17,19);1H. The van der Waals surface area contributed by atoms with Crippen molar-refractivity contribution in [2.45, 2.75) is 45.1 Å². The Morgan fingerprint density at radius 1 is 1.43 bits per heavy atom. The van der Waals surface area contributed by atoms with Gasteiger partial charge in [0.25, 0.3) is 0 Å². The third kappa shape index (κ3) is 5.63. The summed E-state index contributed by atoms with van der Waals surface area (Å²) in [7, 11) is 0. The van der Waals surface area contributed by atoms with E-state index in [9.17, 15) is 9.90 Å². The summed E-state index contributed by atoms with van der Waals surface area (Å²) in [5, 5.41) is 15.2. The van der Waals surface area contributed by atoms with Gasteiger partial charge in [-0.05, 0) is 38.0 Å². The van der Waals surface area contributed by atoms with Gasteiger partial charge >= 0.3 is 0 Å². The molecule has 1 heterocycles. The second kappa shape index (κ2) is 8.34. The Bertz CT molecular complexity index is 451. The average Bonchev–Trinajstić information content (AvgIpc) is 2.85. The summed E-state index contributed by atoms with van der Waals surface area (Å²) >= 11 is 0. The van der Waals surface area contributed by atoms with Crippen LogP contribution in [0.2, 0.25) is 0 Å². The van der Waals surface area contributed by atoms with Gasteiger partial charge in [-0.3, -0.25) is 4.79 Å². The Hall–Kier alpha value is -1.14. The van der Waals surface area contributed by atoms with Crippen LogP contribution in [0.3, 0.4) is 0 Å². The first kappa shape index (κ1) is 17.9. The lowest BCUT2D eigenvalue weighted by Crippen LogP contribution is -2.35. The number of ether oxygens (including phenoxy) is 1. The quantitative estimate of drug-likeness (QED) is 0.773. The maximum atomic E-state index is 12.0. The molecule has 1 saturated heterocycles. The van der Waals surface area contributed by atoms with Crippen LogP contribution in [0.1, 0.15) is 25.8 Å². The minimum Gasteiger partial charge on any atom is -0.392 e. The maximum Gasteiger partial charge on any atom is 0.241 e. The highest BCUT2D eigenvalue weighted by Gasteiger charge is 2.27. The number of aliphatic hydroxyl groups excluding tert-OH is 1. The first-order valence-electron chi connectivity index (χ1n) is 6.97. The molecular formula is C15H23ClN2O3. The van der Waals surface area contributed by atoms with Crippen LogP contribution in [0.15, 0.2) is 24.3 Å². The second-order valence-corrected chi connectivity index (χ2v) is 5.40. The Morgan fingerprint density at radius 3 is 2.62 bits per heavy atom. The minimum absolute atomic E-state index is 0. The molecule has 1 aliphatic rings. The number of halogens is 1. The first-order chi connectivity index (χ1) is 9.54. The molecule has 1 aromatic rings. The molecule has 1 aliphatic heterocycles. The van der Waals surface area contributed by atoms with Gasteiger partial charge in [-0.15, -0.1) is 12.4 Å². The Labute approximate surface area is 131 Å². The topological polar surface area (TPSA) is 70.6 Å². The van der Waals surface area contributed by atoms with Crippen LogP contribution < -0.4 is 10.6 Å². The number of hydrogen-bond acceptors (Lipinski definition) is 4. The van der Waals surface area contributed by atoms with Crippen molar-refractivity contribution in [2.24, 2.45) is 0 Å². The second-order valence-electron chi connectivity index (χ2n) is 5.40. The smallest absolute Gasteiger partial charge is 0.241 e. The van der Waals surface area contributed by atoms with Crippen molar-refractivity contribution in [3.8, 4) is 0 Å². The van der Waals surface area contributed by atoms with Crippen LogP contribution in [0.4, 0.5) is 5.69 Å². The van der Waals surface area contributed by atoms with E-state index < -0.39 is 6.10 Å². The van der Waals surface area contributed by atoms with E-state index in [1.807, 2.05) is 38.1 Å². The third-order valence-corrected chi connectivity index (χ3v) is 3.23. The van der Waals surface area contributed by atoms with Crippen LogP contribution in [0, 0.1) is 0 Å². The van der Waals surface area contributed by atoms with Gasteiger partial charge in [0, 0.05) is 12.2 Å². The van der Waals surface area contributed by atoms with Crippen molar-refractivity contribution in [3.63, 3.8) is 0 Å². The van der Waals surface area contributed by atoms with E-state index in [0.29, 0.717) is 19.6 Å². The molecule has 6 heteroatoms. The lowest BCUT2D eigenvalue weighted by Gasteiger charge is -2.12. The number of benzene rings is 1. The summed E-state index contributed by atoms with van der Waals surface area (Å²) in [6, 6.07) is 7.29. The summed E-state index contributed by atoms with van der Waals surface area (Å²) < 4.78 is 5.52. The predicted octanol–water partition coefficient (Wildman–Crippen LogP) is 1.69. The summed E-state index contributed by atoms with van der Waals surface area (Å²) in [6.45, 7) is 5.04. The van der Waals surface area contributed by atoms with Crippen LogP contribution >= 0.6 is 12.4 Å². The van der Waals surface area contributed by atoms with Crippen molar-refractivity contribution in [1.29, 1.82) is 0 Å². The summed E-state index contributed by atoms with van der Waals surface area (Å²) in [4.78, 5) is 12.0. The highest BCUT2D eigenvalue weighted by atomic mass is 35.5. The summed E-state index contributed by atoms with van der Waals surface area (Å²) in [6.07, 6.45) is 0.238. The normalized spacial score (nSPS) is 21.1. The van der Waals surface area contributed by atoms with Crippen LogP contribution in [-0.4, -0.2) is 35.8 Å². The molecule has 0 saturated carbocycles. The zero-order valence-electron chi connectivity index (χ0n) is 12.3. The van der Waals surface area contributed by atoms with Gasteiger partial charge in [0.1, 0.15) is 0 Å². The van der Waals surface area contributed by atoms with Crippen LogP contribution in [-0.2, 0) is 16.1 Å². The molecular weight excluding hydrogens is 292 g/mol. The molecule has 0 spiro atoms. The van der Waals surface area contributed by atoms with Crippen molar-refractivity contribution in [3.05, 3.63) is 29.8 Å². The molecule has 1 fully saturated rings. The van der Waals surface area contributed by atoms with E-state index in [0.717, 1.165) is 11.3 Å². The number of amides is 1. The first-order valence-corrected chi connectivity index (χ1v) is 6.97. The summed E-state index contributed by atoms with van der Waals surface area (Å²) in [5.74, 6) is -0.104. The molecule has 21 heavy (non-hydrogen) atoms. The monoisotopic (exact) mass is 314 g/mol. The SMILES string of the molecule is CC(C)OCc1ccc(NC(=O)C2CC(O)CN2)cc1.Cl. The molecule has 0 aliphatic carbocycles. The van der Waals surface area contributed by atoms with E-state index in [2.05, 4.69) is 10.6 Å². The summed E-state index contributed by atoms with van der Waals surface area (Å²) in [5.41, 5.74) is 1.83. The van der Waals surface area contributed by atoms with Crippen LogP contribution in [0.5, 0.6) is 0 Å². The number of nitrogens with one attached hydrogen (secondary N) is 2. The predicted molar refractivity (Wildman–Crippen MR) is 84.7 cm³/mol. The zero-order chi connectivity index (χ0) is 14.5. The molecule has 2 atom stereocenters. The van der Waals surface area contributed by atoms with Crippen molar-refractivity contribution >= 4 is 24.0 Å². The molecule has 2 unspecified atom stereocenters. The number of hydrogen-bond donors (Lipinski definition) is 3. The number of aliphatic hydroxyl groups is 1. The fourth-order valence-electron chi connectivity index (χ4n) is 2.09. The lowest BCUT2D eigenvalue weighted by molar-refractivity contribution is -0.117. The number of carbonyl (C=O) groups is 1. The van der Waals surface area contributed by atoms with E-state index in [1.165, 1.54) is 0 Å². The van der Waals surface area contributed by atoms with Gasteiger partial charge in [0.15, 0.2) is 0 Å². The van der Waals surface area contributed by atoms with E-state index in [1.54, 1.807) is 0 Å². The van der Waals surface area contributed by atoms with Crippen molar-refractivity contribution < 1.29 is 14.6 Å². The van der Waals surface area contributed by atoms with Gasteiger partial charge in [0.05, 0.1) is 24.9 Å². The number of rotatable bonds is 5.